The van der Waals surface area contributed by atoms with Crippen LogP contribution in [0.15, 0.2) is 41.9 Å². The molecule has 1 atom stereocenters. The summed E-state index contributed by atoms with van der Waals surface area (Å²) in [6.45, 7) is 2.24. The highest BCUT2D eigenvalue weighted by molar-refractivity contribution is 5.78. The number of aliphatic hydroxyl groups excluding tert-OH is 1. The fraction of sp³-hybridized carbons (Fsp3) is 0.250. The van der Waals surface area contributed by atoms with Gasteiger partial charge in [-0.3, -0.25) is 4.98 Å². The van der Waals surface area contributed by atoms with Crippen LogP contribution >= 0.6 is 0 Å². The molecule has 0 radical (unpaired) electrons. The Morgan fingerprint density at radius 2 is 2.12 bits per heavy atom. The van der Waals surface area contributed by atoms with E-state index in [1.807, 2.05) is 25.1 Å². The van der Waals surface area contributed by atoms with Crippen molar-refractivity contribution in [3.63, 3.8) is 0 Å². The minimum Gasteiger partial charge on any atom is -0.370 e. The maximum atomic E-state index is 9.87. The van der Waals surface area contributed by atoms with Gasteiger partial charge >= 0.3 is 0 Å². The minimum absolute atomic E-state index is 0.329. The zero-order valence-electron chi connectivity index (χ0n) is 9.14. The van der Waals surface area contributed by atoms with E-state index in [1.54, 1.807) is 12.4 Å². The molecule has 0 fully saturated rings. The average Bonchev–Trinajstić information content (AvgIpc) is 2.29. The summed E-state index contributed by atoms with van der Waals surface area (Å²) in [5.41, 5.74) is 9.40. The van der Waals surface area contributed by atoms with E-state index in [0.717, 1.165) is 22.4 Å². The van der Waals surface area contributed by atoms with E-state index < -0.39 is 6.23 Å². The SMILES string of the molecule is CC1=CC(c2ccncc2)=C(CN)C(O)N1. The van der Waals surface area contributed by atoms with Crippen molar-refractivity contribution in [2.24, 2.45) is 5.73 Å². The molecule has 1 aromatic rings. The van der Waals surface area contributed by atoms with Crippen LogP contribution in [0.1, 0.15) is 12.5 Å². The van der Waals surface area contributed by atoms with Gasteiger partial charge in [-0.15, -0.1) is 0 Å². The van der Waals surface area contributed by atoms with Crippen LogP contribution in [0.3, 0.4) is 0 Å². The van der Waals surface area contributed by atoms with Crippen LogP contribution in [-0.4, -0.2) is 22.9 Å². The van der Waals surface area contributed by atoms with Gasteiger partial charge in [-0.1, -0.05) is 0 Å². The molecule has 4 heteroatoms. The maximum absolute atomic E-state index is 9.87. The van der Waals surface area contributed by atoms with Crippen LogP contribution in [0.25, 0.3) is 5.57 Å². The predicted molar refractivity (Wildman–Crippen MR) is 63.1 cm³/mol. The molecule has 4 nitrogen and oxygen atoms in total. The summed E-state index contributed by atoms with van der Waals surface area (Å²) in [5, 5.41) is 12.8. The summed E-state index contributed by atoms with van der Waals surface area (Å²) < 4.78 is 0. The molecule has 0 amide bonds. The van der Waals surface area contributed by atoms with Crippen molar-refractivity contribution in [1.82, 2.24) is 10.3 Å². The highest BCUT2D eigenvalue weighted by Gasteiger charge is 2.19. The number of nitrogens with zero attached hydrogens (tertiary/aromatic N) is 1. The predicted octanol–water partition coefficient (Wildman–Crippen LogP) is 0.619. The van der Waals surface area contributed by atoms with E-state index >= 15 is 0 Å². The van der Waals surface area contributed by atoms with E-state index in [4.69, 9.17) is 5.73 Å². The Morgan fingerprint density at radius 3 is 2.75 bits per heavy atom. The maximum Gasteiger partial charge on any atom is 0.148 e. The molecule has 1 aliphatic heterocycles. The number of aromatic nitrogens is 1. The largest absolute Gasteiger partial charge is 0.370 e. The van der Waals surface area contributed by atoms with Crippen LogP contribution in [0.5, 0.6) is 0 Å². The van der Waals surface area contributed by atoms with Crippen LogP contribution in [0.2, 0.25) is 0 Å². The van der Waals surface area contributed by atoms with Gasteiger partial charge in [0.05, 0.1) is 0 Å². The van der Waals surface area contributed by atoms with Crippen LogP contribution in [0.4, 0.5) is 0 Å². The number of nitrogens with two attached hydrogens (primary N) is 1. The first-order chi connectivity index (χ1) is 7.72. The molecule has 0 saturated heterocycles. The van der Waals surface area contributed by atoms with Gasteiger partial charge in [-0.2, -0.15) is 0 Å². The lowest BCUT2D eigenvalue weighted by Gasteiger charge is -2.25. The topological polar surface area (TPSA) is 71.2 Å². The molecule has 0 aromatic carbocycles. The first kappa shape index (κ1) is 10.9. The molecule has 0 spiro atoms. The van der Waals surface area contributed by atoms with Crippen LogP contribution in [-0.2, 0) is 0 Å². The average molecular weight is 217 g/mol. The van der Waals surface area contributed by atoms with Crippen molar-refractivity contribution in [3.05, 3.63) is 47.4 Å². The summed E-state index contributed by atoms with van der Waals surface area (Å²) >= 11 is 0. The molecule has 1 unspecified atom stereocenters. The standard InChI is InChI=1S/C12H15N3O/c1-8-6-10(9-2-4-14-5-3-9)11(7-13)12(16)15-8/h2-6,12,15-16H,7,13H2,1H3. The van der Waals surface area contributed by atoms with Gasteiger partial charge in [0.25, 0.3) is 0 Å². The van der Waals surface area contributed by atoms with Gasteiger partial charge in [0.15, 0.2) is 0 Å². The second kappa shape index (κ2) is 4.47. The Hall–Kier alpha value is -1.65. The van der Waals surface area contributed by atoms with Gasteiger partial charge in [0.1, 0.15) is 6.23 Å². The van der Waals surface area contributed by atoms with E-state index in [1.165, 1.54) is 0 Å². The molecule has 2 rings (SSSR count). The lowest BCUT2D eigenvalue weighted by molar-refractivity contribution is 0.183. The van der Waals surface area contributed by atoms with Crippen LogP contribution in [0, 0.1) is 0 Å². The van der Waals surface area contributed by atoms with Gasteiger partial charge in [-0.25, -0.2) is 0 Å². The highest BCUT2D eigenvalue weighted by Crippen LogP contribution is 2.25. The Morgan fingerprint density at radius 1 is 1.44 bits per heavy atom. The zero-order valence-corrected chi connectivity index (χ0v) is 9.14. The van der Waals surface area contributed by atoms with Gasteiger partial charge in [0, 0.05) is 24.6 Å². The fourth-order valence-corrected chi connectivity index (χ4v) is 1.82. The molecule has 0 aliphatic carbocycles. The number of allylic oxidation sites excluding steroid dienone is 3. The van der Waals surface area contributed by atoms with Gasteiger partial charge < -0.3 is 16.2 Å². The number of nitrogens with one attached hydrogen (secondary N) is 1. The van der Waals surface area contributed by atoms with Gasteiger partial charge in [-0.05, 0) is 41.8 Å². The number of rotatable bonds is 2. The molecule has 0 saturated carbocycles. The smallest absolute Gasteiger partial charge is 0.148 e. The highest BCUT2D eigenvalue weighted by atomic mass is 16.3. The quantitative estimate of drug-likeness (QED) is 0.679. The number of aliphatic hydroxyl groups is 1. The molecular formula is C12H15N3O. The van der Waals surface area contributed by atoms with E-state index in [9.17, 15) is 5.11 Å². The van der Waals surface area contributed by atoms with E-state index in [0.29, 0.717) is 6.54 Å². The van der Waals surface area contributed by atoms with Crippen molar-refractivity contribution in [1.29, 1.82) is 0 Å². The summed E-state index contributed by atoms with van der Waals surface area (Å²) in [5.74, 6) is 0. The molecule has 4 N–H and O–H groups in total. The van der Waals surface area contributed by atoms with Crippen molar-refractivity contribution < 1.29 is 5.11 Å². The van der Waals surface area contributed by atoms with Crippen LogP contribution < -0.4 is 11.1 Å². The normalized spacial score (nSPS) is 20.4. The fourth-order valence-electron chi connectivity index (χ4n) is 1.82. The van der Waals surface area contributed by atoms with E-state index in [-0.39, 0.29) is 0 Å². The van der Waals surface area contributed by atoms with Crippen molar-refractivity contribution in [2.75, 3.05) is 6.54 Å². The number of dihydropyridines is 1. The molecule has 84 valence electrons. The first-order valence-corrected chi connectivity index (χ1v) is 5.19. The van der Waals surface area contributed by atoms with E-state index in [2.05, 4.69) is 10.3 Å². The third-order valence-electron chi connectivity index (χ3n) is 2.61. The molecule has 1 aliphatic rings. The number of hydrogen-bond acceptors (Lipinski definition) is 4. The summed E-state index contributed by atoms with van der Waals surface area (Å²) in [6.07, 6.45) is 4.75. The number of hydrogen-bond donors (Lipinski definition) is 3. The second-order valence-electron chi connectivity index (χ2n) is 3.75. The summed E-state index contributed by atoms with van der Waals surface area (Å²) in [6, 6.07) is 3.82. The summed E-state index contributed by atoms with van der Waals surface area (Å²) in [4.78, 5) is 3.98. The number of pyridine rings is 1. The Kier molecular flexibility index (Phi) is 3.03. The Labute approximate surface area is 94.5 Å². The lowest BCUT2D eigenvalue weighted by atomic mass is 9.96. The molecular weight excluding hydrogens is 202 g/mol. The van der Waals surface area contributed by atoms with Crippen molar-refractivity contribution in [2.45, 2.75) is 13.2 Å². The Bertz CT molecular complexity index is 437. The first-order valence-electron chi connectivity index (χ1n) is 5.19. The molecule has 16 heavy (non-hydrogen) atoms. The Balaban J connectivity index is 2.51. The molecule has 2 heterocycles. The third-order valence-corrected chi connectivity index (χ3v) is 2.61. The van der Waals surface area contributed by atoms with Gasteiger partial charge in [0.2, 0.25) is 0 Å². The van der Waals surface area contributed by atoms with Crippen molar-refractivity contribution in [3.8, 4) is 0 Å². The lowest BCUT2D eigenvalue weighted by Crippen LogP contribution is -2.35. The van der Waals surface area contributed by atoms with Crippen molar-refractivity contribution >= 4 is 5.57 Å². The summed E-state index contributed by atoms with van der Waals surface area (Å²) in [7, 11) is 0. The third kappa shape index (κ3) is 1.98. The minimum atomic E-state index is -0.696. The second-order valence-corrected chi connectivity index (χ2v) is 3.75. The molecule has 0 bridgehead atoms. The molecule has 1 aromatic heterocycles. The zero-order chi connectivity index (χ0) is 11.5. The monoisotopic (exact) mass is 217 g/mol.